The van der Waals surface area contributed by atoms with E-state index in [-0.39, 0.29) is 5.76 Å². The van der Waals surface area contributed by atoms with Crippen molar-refractivity contribution >= 4 is 11.1 Å². The van der Waals surface area contributed by atoms with Crippen LogP contribution >= 0.6 is 0 Å². The van der Waals surface area contributed by atoms with Gasteiger partial charge in [-0.2, -0.15) is 0 Å². The summed E-state index contributed by atoms with van der Waals surface area (Å²) >= 11 is 0. The molecule has 2 aromatic rings. The van der Waals surface area contributed by atoms with Crippen LogP contribution in [0, 0.1) is 0 Å². The average molecular weight is 205 g/mol. The van der Waals surface area contributed by atoms with Gasteiger partial charge in [-0.1, -0.05) is 6.07 Å². The van der Waals surface area contributed by atoms with E-state index in [9.17, 15) is 9.90 Å². The molecule has 4 heteroatoms. The van der Waals surface area contributed by atoms with Gasteiger partial charge in [0.1, 0.15) is 0 Å². The molecule has 0 spiro atoms. The molecule has 1 heterocycles. The maximum atomic E-state index is 11.2. The van der Waals surface area contributed by atoms with E-state index in [1.54, 1.807) is 13.1 Å². The Bertz CT molecular complexity index is 589. The Morgan fingerprint density at radius 1 is 1.47 bits per heavy atom. The SMILES string of the molecule is Cn1c(=O)oc2cc(C3(O)CC3)ccc21. The van der Waals surface area contributed by atoms with Crippen molar-refractivity contribution in [3.63, 3.8) is 0 Å². The van der Waals surface area contributed by atoms with Gasteiger partial charge in [0.2, 0.25) is 0 Å². The number of fused-ring (bicyclic) bond motifs is 1. The standard InChI is InChI=1S/C11H11NO3/c1-12-8-3-2-7(11(14)4-5-11)6-9(8)15-10(12)13/h2-3,6,14H,4-5H2,1H3. The van der Waals surface area contributed by atoms with E-state index in [1.165, 1.54) is 4.57 Å². The molecule has 0 saturated heterocycles. The Morgan fingerprint density at radius 3 is 2.87 bits per heavy atom. The third-order valence-electron chi connectivity index (χ3n) is 3.05. The van der Waals surface area contributed by atoms with Gasteiger partial charge in [-0.15, -0.1) is 0 Å². The van der Waals surface area contributed by atoms with Crippen LogP contribution < -0.4 is 5.76 Å². The smallest absolute Gasteiger partial charge is 0.408 e. The van der Waals surface area contributed by atoms with Crippen LogP contribution in [0.5, 0.6) is 0 Å². The summed E-state index contributed by atoms with van der Waals surface area (Å²) in [5, 5.41) is 9.91. The first-order chi connectivity index (χ1) is 7.10. The van der Waals surface area contributed by atoms with Crippen LogP contribution in [0.15, 0.2) is 27.4 Å². The zero-order valence-electron chi connectivity index (χ0n) is 8.36. The van der Waals surface area contributed by atoms with E-state index in [2.05, 4.69) is 0 Å². The van der Waals surface area contributed by atoms with Crippen LogP contribution in [0.3, 0.4) is 0 Å². The second-order valence-electron chi connectivity index (χ2n) is 4.14. The fraction of sp³-hybridized carbons (Fsp3) is 0.364. The maximum absolute atomic E-state index is 11.2. The summed E-state index contributed by atoms with van der Waals surface area (Å²) in [6.07, 6.45) is 1.57. The summed E-state index contributed by atoms with van der Waals surface area (Å²) in [5.41, 5.74) is 1.46. The molecular formula is C11H11NO3. The number of aryl methyl sites for hydroxylation is 1. The minimum atomic E-state index is -0.678. The van der Waals surface area contributed by atoms with Crippen LogP contribution in [0.25, 0.3) is 11.1 Å². The first-order valence-electron chi connectivity index (χ1n) is 4.93. The Morgan fingerprint density at radius 2 is 2.20 bits per heavy atom. The van der Waals surface area contributed by atoms with E-state index >= 15 is 0 Å². The Balaban J connectivity index is 2.27. The number of hydrogen-bond acceptors (Lipinski definition) is 3. The number of hydrogen-bond donors (Lipinski definition) is 1. The van der Waals surface area contributed by atoms with Crippen molar-refractivity contribution in [3.8, 4) is 0 Å². The Kier molecular flexibility index (Phi) is 1.47. The lowest BCUT2D eigenvalue weighted by atomic mass is 10.1. The van der Waals surface area contributed by atoms with Gasteiger partial charge in [-0.05, 0) is 30.5 Å². The highest BCUT2D eigenvalue weighted by atomic mass is 16.4. The molecular weight excluding hydrogens is 194 g/mol. The quantitative estimate of drug-likeness (QED) is 0.758. The van der Waals surface area contributed by atoms with Crippen molar-refractivity contribution in [3.05, 3.63) is 34.3 Å². The minimum absolute atomic E-state index is 0.370. The third kappa shape index (κ3) is 1.15. The molecule has 0 atom stereocenters. The van der Waals surface area contributed by atoms with Crippen LogP contribution in [0.2, 0.25) is 0 Å². The van der Waals surface area contributed by atoms with E-state index in [0.29, 0.717) is 5.58 Å². The van der Waals surface area contributed by atoms with Crippen molar-refractivity contribution in [1.82, 2.24) is 4.57 Å². The molecule has 1 saturated carbocycles. The summed E-state index contributed by atoms with van der Waals surface area (Å²) < 4.78 is 6.51. The number of aromatic nitrogens is 1. The maximum Gasteiger partial charge on any atom is 0.419 e. The normalized spacial score (nSPS) is 18.3. The van der Waals surface area contributed by atoms with Crippen LogP contribution in [0.1, 0.15) is 18.4 Å². The lowest BCUT2D eigenvalue weighted by molar-refractivity contribution is 0.151. The predicted octanol–water partition coefficient (Wildman–Crippen LogP) is 1.11. The highest BCUT2D eigenvalue weighted by Gasteiger charge is 2.42. The molecule has 3 rings (SSSR count). The lowest BCUT2D eigenvalue weighted by Crippen LogP contribution is -2.08. The van der Waals surface area contributed by atoms with Crippen LogP contribution in [-0.4, -0.2) is 9.67 Å². The Labute approximate surface area is 85.7 Å². The van der Waals surface area contributed by atoms with Gasteiger partial charge in [0.25, 0.3) is 0 Å². The van der Waals surface area contributed by atoms with E-state index in [0.717, 1.165) is 23.9 Å². The molecule has 1 aliphatic carbocycles. The average Bonchev–Trinajstić information content (AvgIpc) is 2.90. The molecule has 1 aromatic carbocycles. The number of aliphatic hydroxyl groups is 1. The lowest BCUT2D eigenvalue weighted by Gasteiger charge is -2.06. The van der Waals surface area contributed by atoms with E-state index in [1.807, 2.05) is 12.1 Å². The van der Waals surface area contributed by atoms with E-state index in [4.69, 9.17) is 4.42 Å². The van der Waals surface area contributed by atoms with Crippen LogP contribution in [0.4, 0.5) is 0 Å². The monoisotopic (exact) mass is 205 g/mol. The van der Waals surface area contributed by atoms with Crippen molar-refractivity contribution in [2.24, 2.45) is 7.05 Å². The Hall–Kier alpha value is -1.55. The summed E-state index contributed by atoms with van der Waals surface area (Å²) in [6.45, 7) is 0. The van der Waals surface area contributed by atoms with Gasteiger partial charge in [0.15, 0.2) is 5.58 Å². The summed E-state index contributed by atoms with van der Waals surface area (Å²) in [7, 11) is 1.67. The molecule has 0 amide bonds. The molecule has 1 aliphatic rings. The van der Waals surface area contributed by atoms with Gasteiger partial charge >= 0.3 is 5.76 Å². The highest BCUT2D eigenvalue weighted by molar-refractivity contribution is 5.74. The first kappa shape index (κ1) is 8.73. The number of nitrogens with zero attached hydrogens (tertiary/aromatic N) is 1. The number of oxazole rings is 1. The fourth-order valence-corrected chi connectivity index (χ4v) is 1.83. The largest absolute Gasteiger partial charge is 0.419 e. The summed E-state index contributed by atoms with van der Waals surface area (Å²) in [5.74, 6) is -0.370. The number of benzene rings is 1. The molecule has 1 fully saturated rings. The molecule has 0 aliphatic heterocycles. The van der Waals surface area contributed by atoms with Gasteiger partial charge in [0, 0.05) is 7.05 Å². The predicted molar refractivity (Wildman–Crippen MR) is 54.6 cm³/mol. The third-order valence-corrected chi connectivity index (χ3v) is 3.05. The highest BCUT2D eigenvalue weighted by Crippen LogP contribution is 2.45. The zero-order valence-corrected chi connectivity index (χ0v) is 8.36. The minimum Gasteiger partial charge on any atom is -0.408 e. The molecule has 4 nitrogen and oxygen atoms in total. The van der Waals surface area contributed by atoms with Crippen molar-refractivity contribution in [1.29, 1.82) is 0 Å². The molecule has 1 aromatic heterocycles. The van der Waals surface area contributed by atoms with Crippen molar-refractivity contribution in [2.45, 2.75) is 18.4 Å². The number of rotatable bonds is 1. The molecule has 78 valence electrons. The summed E-state index contributed by atoms with van der Waals surface area (Å²) in [4.78, 5) is 11.2. The van der Waals surface area contributed by atoms with Gasteiger partial charge in [-0.3, -0.25) is 4.57 Å². The molecule has 0 unspecified atom stereocenters. The molecule has 1 N–H and O–H groups in total. The van der Waals surface area contributed by atoms with E-state index < -0.39 is 5.60 Å². The van der Waals surface area contributed by atoms with Crippen molar-refractivity contribution < 1.29 is 9.52 Å². The molecule has 15 heavy (non-hydrogen) atoms. The molecule has 0 radical (unpaired) electrons. The topological polar surface area (TPSA) is 55.4 Å². The van der Waals surface area contributed by atoms with Gasteiger partial charge in [-0.25, -0.2) is 4.79 Å². The summed E-state index contributed by atoms with van der Waals surface area (Å²) in [6, 6.07) is 5.42. The van der Waals surface area contributed by atoms with Crippen LogP contribution in [-0.2, 0) is 12.6 Å². The first-order valence-corrected chi connectivity index (χ1v) is 4.93. The fourth-order valence-electron chi connectivity index (χ4n) is 1.83. The van der Waals surface area contributed by atoms with Gasteiger partial charge in [0.05, 0.1) is 11.1 Å². The van der Waals surface area contributed by atoms with Crippen molar-refractivity contribution in [2.75, 3.05) is 0 Å². The zero-order chi connectivity index (χ0) is 10.6. The molecule has 0 bridgehead atoms. The second kappa shape index (κ2) is 2.52. The second-order valence-corrected chi connectivity index (χ2v) is 4.14. The van der Waals surface area contributed by atoms with Gasteiger partial charge < -0.3 is 9.52 Å².